The molecule has 62 valence electrons. The lowest BCUT2D eigenvalue weighted by atomic mass is 10.1. The minimum Gasteiger partial charge on any atom is -0.326 e. The van der Waals surface area contributed by atoms with Crippen LogP contribution in [-0.4, -0.2) is 0 Å². The van der Waals surface area contributed by atoms with E-state index in [4.69, 9.17) is 22.6 Å². The number of nitrogens with zero attached hydrogens (tertiary/aromatic N) is 1. The molecule has 1 aromatic carbocycles. The van der Waals surface area contributed by atoms with Crippen LogP contribution in [0, 0.1) is 17.1 Å². The van der Waals surface area contributed by atoms with E-state index in [9.17, 15) is 4.39 Å². The van der Waals surface area contributed by atoms with Crippen LogP contribution in [0.4, 0.5) is 4.39 Å². The van der Waals surface area contributed by atoms with Crippen LogP contribution in [0.3, 0.4) is 0 Å². The maximum absolute atomic E-state index is 13.1. The van der Waals surface area contributed by atoms with Gasteiger partial charge in [0.25, 0.3) is 0 Å². The highest BCUT2D eigenvalue weighted by Crippen LogP contribution is 2.21. The number of hydrogen-bond acceptors (Lipinski definition) is 2. The van der Waals surface area contributed by atoms with Crippen LogP contribution in [0.1, 0.15) is 11.1 Å². The van der Waals surface area contributed by atoms with Gasteiger partial charge in [-0.05, 0) is 6.07 Å². The molecular formula is C8H6ClFN2. The summed E-state index contributed by atoms with van der Waals surface area (Å²) in [5.41, 5.74) is 5.68. The summed E-state index contributed by atoms with van der Waals surface area (Å²) in [5.74, 6) is -0.599. The molecule has 4 heteroatoms. The first-order valence-corrected chi connectivity index (χ1v) is 3.65. The van der Waals surface area contributed by atoms with Crippen LogP contribution in [-0.2, 0) is 6.54 Å². The minimum absolute atomic E-state index is 0.0806. The van der Waals surface area contributed by atoms with E-state index < -0.39 is 5.82 Å². The van der Waals surface area contributed by atoms with Crippen molar-refractivity contribution < 1.29 is 4.39 Å². The lowest BCUT2D eigenvalue weighted by molar-refractivity contribution is 0.610. The van der Waals surface area contributed by atoms with Crippen molar-refractivity contribution in [3.63, 3.8) is 0 Å². The molecule has 0 radical (unpaired) electrons. The summed E-state index contributed by atoms with van der Waals surface area (Å²) in [7, 11) is 0. The van der Waals surface area contributed by atoms with E-state index in [1.165, 1.54) is 12.1 Å². The Bertz CT molecular complexity index is 344. The van der Waals surface area contributed by atoms with Gasteiger partial charge in [-0.3, -0.25) is 0 Å². The third kappa shape index (κ3) is 1.40. The largest absolute Gasteiger partial charge is 0.326 e. The summed E-state index contributed by atoms with van der Waals surface area (Å²) in [6.07, 6.45) is 0. The number of rotatable bonds is 1. The van der Waals surface area contributed by atoms with Crippen molar-refractivity contribution in [2.75, 3.05) is 0 Å². The molecular weight excluding hydrogens is 179 g/mol. The molecule has 1 aromatic rings. The first-order valence-electron chi connectivity index (χ1n) is 3.27. The fourth-order valence-electron chi connectivity index (χ4n) is 0.833. The molecule has 0 saturated carbocycles. The standard InChI is InChI=1S/C8H6ClFN2/c9-7-5(3-11)1-2-6(4-12)8(7)10/h1-2H,4,12H2. The van der Waals surface area contributed by atoms with Crippen molar-refractivity contribution in [3.8, 4) is 6.07 Å². The summed E-state index contributed by atoms with van der Waals surface area (Å²) >= 11 is 5.52. The summed E-state index contributed by atoms with van der Waals surface area (Å²) < 4.78 is 13.1. The van der Waals surface area contributed by atoms with Crippen molar-refractivity contribution in [1.29, 1.82) is 5.26 Å². The van der Waals surface area contributed by atoms with E-state index in [0.717, 1.165) is 0 Å². The molecule has 12 heavy (non-hydrogen) atoms. The number of benzene rings is 1. The molecule has 0 atom stereocenters. The van der Waals surface area contributed by atoms with Crippen LogP contribution in [0.15, 0.2) is 12.1 Å². The van der Waals surface area contributed by atoms with Crippen LogP contribution < -0.4 is 5.73 Å². The fraction of sp³-hybridized carbons (Fsp3) is 0.125. The van der Waals surface area contributed by atoms with Crippen molar-refractivity contribution in [3.05, 3.63) is 34.1 Å². The second-order valence-corrected chi connectivity index (χ2v) is 2.59. The Morgan fingerprint density at radius 3 is 2.75 bits per heavy atom. The maximum Gasteiger partial charge on any atom is 0.147 e. The second-order valence-electron chi connectivity index (χ2n) is 2.22. The zero-order valence-corrected chi connectivity index (χ0v) is 6.90. The van der Waals surface area contributed by atoms with E-state index >= 15 is 0 Å². The number of halogens is 2. The second kappa shape index (κ2) is 3.53. The topological polar surface area (TPSA) is 49.8 Å². The molecule has 0 aliphatic carbocycles. The highest BCUT2D eigenvalue weighted by atomic mass is 35.5. The maximum atomic E-state index is 13.1. The molecule has 0 aliphatic rings. The highest BCUT2D eigenvalue weighted by molar-refractivity contribution is 6.31. The van der Waals surface area contributed by atoms with Crippen molar-refractivity contribution in [2.45, 2.75) is 6.54 Å². The average molecular weight is 185 g/mol. The third-order valence-corrected chi connectivity index (χ3v) is 1.87. The van der Waals surface area contributed by atoms with Crippen molar-refractivity contribution in [1.82, 2.24) is 0 Å². The first-order chi connectivity index (χ1) is 5.70. The Labute approximate surface area is 74.4 Å². The normalized spacial score (nSPS) is 9.50. The molecule has 2 nitrogen and oxygen atoms in total. The van der Waals surface area contributed by atoms with Gasteiger partial charge in [0.05, 0.1) is 10.6 Å². The Hall–Kier alpha value is -1.11. The predicted octanol–water partition coefficient (Wildman–Crippen LogP) is 1.81. The van der Waals surface area contributed by atoms with E-state index in [1.807, 2.05) is 0 Å². The van der Waals surface area contributed by atoms with E-state index in [-0.39, 0.29) is 17.1 Å². The Balaban J connectivity index is 3.32. The van der Waals surface area contributed by atoms with Gasteiger partial charge in [-0.2, -0.15) is 5.26 Å². The summed E-state index contributed by atoms with van der Waals surface area (Å²) in [6.45, 7) is 0.0806. The fourth-order valence-corrected chi connectivity index (χ4v) is 1.06. The summed E-state index contributed by atoms with van der Waals surface area (Å²) in [5, 5.41) is 8.32. The lowest BCUT2D eigenvalue weighted by Crippen LogP contribution is -2.00. The first kappa shape index (κ1) is 8.98. The summed E-state index contributed by atoms with van der Waals surface area (Å²) in [6, 6.07) is 4.68. The van der Waals surface area contributed by atoms with Gasteiger partial charge < -0.3 is 5.73 Å². The lowest BCUT2D eigenvalue weighted by Gasteiger charge is -2.01. The van der Waals surface area contributed by atoms with Crippen molar-refractivity contribution in [2.24, 2.45) is 5.73 Å². The smallest absolute Gasteiger partial charge is 0.147 e. The molecule has 0 aromatic heterocycles. The van der Waals surface area contributed by atoms with Gasteiger partial charge in [0.2, 0.25) is 0 Å². The molecule has 0 unspecified atom stereocenters. The van der Waals surface area contributed by atoms with Gasteiger partial charge in [0.15, 0.2) is 0 Å². The van der Waals surface area contributed by atoms with Gasteiger partial charge in [-0.1, -0.05) is 17.7 Å². The molecule has 0 fully saturated rings. The highest BCUT2D eigenvalue weighted by Gasteiger charge is 2.09. The Morgan fingerprint density at radius 1 is 1.58 bits per heavy atom. The minimum atomic E-state index is -0.599. The van der Waals surface area contributed by atoms with Gasteiger partial charge in [0.1, 0.15) is 11.9 Å². The summed E-state index contributed by atoms with van der Waals surface area (Å²) in [4.78, 5) is 0. The molecule has 0 heterocycles. The van der Waals surface area contributed by atoms with Crippen LogP contribution >= 0.6 is 11.6 Å². The molecule has 1 rings (SSSR count). The molecule has 0 aliphatic heterocycles. The third-order valence-electron chi connectivity index (χ3n) is 1.50. The molecule has 0 amide bonds. The number of nitriles is 1. The van der Waals surface area contributed by atoms with E-state index in [2.05, 4.69) is 0 Å². The van der Waals surface area contributed by atoms with Crippen molar-refractivity contribution >= 4 is 11.6 Å². The number of nitrogens with two attached hydrogens (primary N) is 1. The van der Waals surface area contributed by atoms with Crippen LogP contribution in [0.5, 0.6) is 0 Å². The Morgan fingerprint density at radius 2 is 2.25 bits per heavy atom. The molecule has 0 bridgehead atoms. The average Bonchev–Trinajstić information content (AvgIpc) is 2.10. The SMILES string of the molecule is N#Cc1ccc(CN)c(F)c1Cl. The monoisotopic (exact) mass is 184 g/mol. The van der Waals surface area contributed by atoms with Gasteiger partial charge >= 0.3 is 0 Å². The number of hydrogen-bond donors (Lipinski definition) is 1. The van der Waals surface area contributed by atoms with E-state index in [1.54, 1.807) is 6.07 Å². The van der Waals surface area contributed by atoms with E-state index in [0.29, 0.717) is 5.56 Å². The zero-order chi connectivity index (χ0) is 9.14. The van der Waals surface area contributed by atoms with Crippen LogP contribution in [0.25, 0.3) is 0 Å². The van der Waals surface area contributed by atoms with Crippen LogP contribution in [0.2, 0.25) is 5.02 Å². The quantitative estimate of drug-likeness (QED) is 0.724. The Kier molecular flexibility index (Phi) is 2.64. The predicted molar refractivity (Wildman–Crippen MR) is 44.0 cm³/mol. The van der Waals surface area contributed by atoms with Gasteiger partial charge in [0, 0.05) is 12.1 Å². The van der Waals surface area contributed by atoms with Gasteiger partial charge in [-0.15, -0.1) is 0 Å². The zero-order valence-electron chi connectivity index (χ0n) is 6.14. The molecule has 0 saturated heterocycles. The molecule has 2 N–H and O–H groups in total. The van der Waals surface area contributed by atoms with Gasteiger partial charge in [-0.25, -0.2) is 4.39 Å². The molecule has 0 spiro atoms.